The molecule has 1 aliphatic rings. The number of rotatable bonds is 5. The topological polar surface area (TPSA) is 32.3 Å². The van der Waals surface area contributed by atoms with Crippen molar-refractivity contribution in [2.24, 2.45) is 11.8 Å². The van der Waals surface area contributed by atoms with Gasteiger partial charge in [0.1, 0.15) is 5.75 Å². The molecule has 0 saturated heterocycles. The summed E-state index contributed by atoms with van der Waals surface area (Å²) < 4.78 is 0. The summed E-state index contributed by atoms with van der Waals surface area (Å²) in [5, 5.41) is 13.0. The molecule has 16 heavy (non-hydrogen) atoms. The van der Waals surface area contributed by atoms with Crippen molar-refractivity contribution in [1.82, 2.24) is 5.32 Å². The molecule has 88 valence electrons. The summed E-state index contributed by atoms with van der Waals surface area (Å²) in [5.74, 6) is 2.06. The fraction of sp³-hybridized carbons (Fsp3) is 0.571. The molecule has 0 aliphatic heterocycles. The Labute approximate surface area is 97.7 Å². The molecule has 0 radical (unpaired) electrons. The Bertz CT molecular complexity index is 350. The highest BCUT2D eigenvalue weighted by Gasteiger charge is 2.38. The first-order valence-corrected chi connectivity index (χ1v) is 6.22. The Balaban J connectivity index is 1.99. The van der Waals surface area contributed by atoms with Gasteiger partial charge >= 0.3 is 0 Å². The standard InChI is InChI=1S/C14H21NO/c1-3-15-14(13-7-10(13)2)9-11-5-4-6-12(16)8-11/h4-6,8,10,13-16H,3,7,9H2,1-2H3. The third-order valence-electron chi connectivity index (χ3n) is 3.52. The molecule has 2 N–H and O–H groups in total. The molecule has 3 unspecified atom stereocenters. The highest BCUT2D eigenvalue weighted by Crippen LogP contribution is 2.41. The smallest absolute Gasteiger partial charge is 0.115 e. The summed E-state index contributed by atoms with van der Waals surface area (Å²) >= 11 is 0. The van der Waals surface area contributed by atoms with Gasteiger partial charge in [-0.25, -0.2) is 0 Å². The second-order valence-electron chi connectivity index (χ2n) is 4.92. The summed E-state index contributed by atoms with van der Waals surface area (Å²) in [4.78, 5) is 0. The highest BCUT2D eigenvalue weighted by molar-refractivity contribution is 5.28. The molecule has 1 aliphatic carbocycles. The van der Waals surface area contributed by atoms with Crippen LogP contribution in [0.3, 0.4) is 0 Å². The van der Waals surface area contributed by atoms with Crippen molar-refractivity contribution in [1.29, 1.82) is 0 Å². The summed E-state index contributed by atoms with van der Waals surface area (Å²) in [6, 6.07) is 8.19. The number of likely N-dealkylation sites (N-methyl/N-ethyl adjacent to an activating group) is 1. The zero-order chi connectivity index (χ0) is 11.5. The second kappa shape index (κ2) is 4.88. The van der Waals surface area contributed by atoms with E-state index in [-0.39, 0.29) is 0 Å². The number of hydrogen-bond acceptors (Lipinski definition) is 2. The quantitative estimate of drug-likeness (QED) is 0.797. The van der Waals surface area contributed by atoms with Crippen LogP contribution in [0.4, 0.5) is 0 Å². The number of aromatic hydroxyl groups is 1. The van der Waals surface area contributed by atoms with Crippen LogP contribution in [0.5, 0.6) is 5.75 Å². The van der Waals surface area contributed by atoms with Gasteiger partial charge in [-0.15, -0.1) is 0 Å². The van der Waals surface area contributed by atoms with Crippen molar-refractivity contribution in [2.45, 2.75) is 32.7 Å². The van der Waals surface area contributed by atoms with E-state index in [9.17, 15) is 5.11 Å². The van der Waals surface area contributed by atoms with Crippen LogP contribution < -0.4 is 5.32 Å². The lowest BCUT2D eigenvalue weighted by Gasteiger charge is -2.18. The number of phenolic OH excluding ortho intramolecular Hbond substituents is 1. The van der Waals surface area contributed by atoms with Crippen molar-refractivity contribution >= 4 is 0 Å². The molecule has 2 rings (SSSR count). The summed E-state index contributed by atoms with van der Waals surface area (Å²) in [5.41, 5.74) is 1.23. The first-order valence-electron chi connectivity index (χ1n) is 6.22. The minimum atomic E-state index is 0.372. The Hall–Kier alpha value is -1.02. The van der Waals surface area contributed by atoms with Crippen LogP contribution in [0, 0.1) is 11.8 Å². The molecule has 0 aromatic heterocycles. The Kier molecular flexibility index (Phi) is 3.49. The second-order valence-corrected chi connectivity index (χ2v) is 4.92. The van der Waals surface area contributed by atoms with E-state index in [4.69, 9.17) is 0 Å². The van der Waals surface area contributed by atoms with Crippen LogP contribution in [0.1, 0.15) is 25.8 Å². The third-order valence-corrected chi connectivity index (χ3v) is 3.52. The van der Waals surface area contributed by atoms with Crippen molar-refractivity contribution in [3.05, 3.63) is 29.8 Å². The average molecular weight is 219 g/mol. The van der Waals surface area contributed by atoms with E-state index in [1.54, 1.807) is 6.07 Å². The predicted octanol–water partition coefficient (Wildman–Crippen LogP) is 2.57. The molecule has 1 fully saturated rings. The van der Waals surface area contributed by atoms with Gasteiger partial charge in [-0.3, -0.25) is 0 Å². The third kappa shape index (κ3) is 2.76. The van der Waals surface area contributed by atoms with Gasteiger partial charge in [0.15, 0.2) is 0 Å². The fourth-order valence-electron chi connectivity index (χ4n) is 2.49. The van der Waals surface area contributed by atoms with Gasteiger partial charge in [0, 0.05) is 6.04 Å². The van der Waals surface area contributed by atoms with Crippen LogP contribution in [-0.4, -0.2) is 17.7 Å². The highest BCUT2D eigenvalue weighted by atomic mass is 16.3. The van der Waals surface area contributed by atoms with Gasteiger partial charge in [0.05, 0.1) is 0 Å². The normalized spacial score (nSPS) is 25.4. The van der Waals surface area contributed by atoms with Gasteiger partial charge < -0.3 is 10.4 Å². The average Bonchev–Trinajstić information content (AvgIpc) is 2.95. The fourth-order valence-corrected chi connectivity index (χ4v) is 2.49. The van der Waals surface area contributed by atoms with Crippen LogP contribution >= 0.6 is 0 Å². The summed E-state index contributed by atoms with van der Waals surface area (Å²) in [6.07, 6.45) is 2.37. The molecular formula is C14H21NO. The van der Waals surface area contributed by atoms with Crippen molar-refractivity contribution < 1.29 is 5.11 Å². The zero-order valence-electron chi connectivity index (χ0n) is 10.1. The molecule has 0 heterocycles. The van der Waals surface area contributed by atoms with E-state index >= 15 is 0 Å². The minimum absolute atomic E-state index is 0.372. The summed E-state index contributed by atoms with van der Waals surface area (Å²) in [7, 11) is 0. The van der Waals surface area contributed by atoms with E-state index in [2.05, 4.69) is 25.2 Å². The largest absolute Gasteiger partial charge is 0.508 e. The SMILES string of the molecule is CCNC(Cc1cccc(O)c1)C1CC1C. The van der Waals surface area contributed by atoms with Crippen molar-refractivity contribution in [3.63, 3.8) is 0 Å². The maximum Gasteiger partial charge on any atom is 0.115 e. The summed E-state index contributed by atoms with van der Waals surface area (Å²) in [6.45, 7) is 5.49. The lowest BCUT2D eigenvalue weighted by Crippen LogP contribution is -2.33. The number of hydrogen-bond donors (Lipinski definition) is 2. The first kappa shape index (κ1) is 11.5. The van der Waals surface area contributed by atoms with E-state index < -0.39 is 0 Å². The lowest BCUT2D eigenvalue weighted by molar-refractivity contribution is 0.450. The predicted molar refractivity (Wildman–Crippen MR) is 66.5 cm³/mol. The first-order chi connectivity index (χ1) is 7.70. The van der Waals surface area contributed by atoms with E-state index in [1.807, 2.05) is 12.1 Å². The molecule has 1 saturated carbocycles. The Morgan fingerprint density at radius 1 is 1.50 bits per heavy atom. The van der Waals surface area contributed by atoms with Crippen molar-refractivity contribution in [3.8, 4) is 5.75 Å². The molecule has 3 atom stereocenters. The zero-order valence-corrected chi connectivity index (χ0v) is 10.1. The Morgan fingerprint density at radius 2 is 2.25 bits per heavy atom. The number of phenols is 1. The molecule has 0 bridgehead atoms. The molecule has 0 amide bonds. The van der Waals surface area contributed by atoms with Gasteiger partial charge in [0.25, 0.3) is 0 Å². The molecule has 1 aromatic rings. The molecule has 2 heteroatoms. The van der Waals surface area contributed by atoms with E-state index in [0.717, 1.165) is 24.8 Å². The molecule has 2 nitrogen and oxygen atoms in total. The van der Waals surface area contributed by atoms with Crippen LogP contribution in [-0.2, 0) is 6.42 Å². The van der Waals surface area contributed by atoms with Gasteiger partial charge in [0.2, 0.25) is 0 Å². The van der Waals surface area contributed by atoms with Gasteiger partial charge in [-0.2, -0.15) is 0 Å². The van der Waals surface area contributed by atoms with Gasteiger partial charge in [-0.05, 0) is 48.9 Å². The maximum atomic E-state index is 9.44. The van der Waals surface area contributed by atoms with Crippen molar-refractivity contribution in [2.75, 3.05) is 6.54 Å². The molecular weight excluding hydrogens is 198 g/mol. The Morgan fingerprint density at radius 3 is 2.81 bits per heavy atom. The lowest BCUT2D eigenvalue weighted by atomic mass is 10.0. The van der Waals surface area contributed by atoms with Gasteiger partial charge in [-0.1, -0.05) is 26.0 Å². The van der Waals surface area contributed by atoms with E-state index in [0.29, 0.717) is 11.8 Å². The monoisotopic (exact) mass is 219 g/mol. The number of nitrogens with one attached hydrogen (secondary N) is 1. The molecule has 0 spiro atoms. The van der Waals surface area contributed by atoms with Crippen LogP contribution in [0.25, 0.3) is 0 Å². The number of benzene rings is 1. The molecule has 1 aromatic carbocycles. The van der Waals surface area contributed by atoms with Crippen LogP contribution in [0.2, 0.25) is 0 Å². The minimum Gasteiger partial charge on any atom is -0.508 e. The van der Waals surface area contributed by atoms with Crippen LogP contribution in [0.15, 0.2) is 24.3 Å². The van der Waals surface area contributed by atoms with E-state index in [1.165, 1.54) is 12.0 Å². The maximum absolute atomic E-state index is 9.44.